The molecule has 2 aromatic rings. The van der Waals surface area contributed by atoms with E-state index in [4.69, 9.17) is 0 Å². The number of nitrogens with zero attached hydrogens (tertiary/aromatic N) is 2. The second-order valence-electron chi connectivity index (χ2n) is 3.57. The van der Waals surface area contributed by atoms with Crippen LogP contribution >= 0.6 is 0 Å². The normalized spacial score (nSPS) is 16.0. The molecule has 3 heteroatoms. The quantitative estimate of drug-likeness (QED) is 0.660. The van der Waals surface area contributed by atoms with Crippen LogP contribution in [-0.4, -0.2) is 15.0 Å². The SMILES string of the molecule is c1ncc2c3c([nH]c2n1)CCCC3. The van der Waals surface area contributed by atoms with Crippen molar-refractivity contribution in [1.29, 1.82) is 0 Å². The van der Waals surface area contributed by atoms with Crippen molar-refractivity contribution < 1.29 is 0 Å². The van der Waals surface area contributed by atoms with E-state index in [-0.39, 0.29) is 0 Å². The lowest BCUT2D eigenvalue weighted by atomic mass is 9.97. The Hall–Kier alpha value is -1.38. The first-order valence-electron chi connectivity index (χ1n) is 4.74. The smallest absolute Gasteiger partial charge is 0.141 e. The highest BCUT2D eigenvalue weighted by atomic mass is 14.9. The van der Waals surface area contributed by atoms with Gasteiger partial charge in [0.25, 0.3) is 0 Å². The topological polar surface area (TPSA) is 41.6 Å². The minimum Gasteiger partial charge on any atom is -0.343 e. The van der Waals surface area contributed by atoms with Crippen molar-refractivity contribution >= 4 is 11.0 Å². The van der Waals surface area contributed by atoms with Gasteiger partial charge in [0.1, 0.15) is 12.0 Å². The predicted octanol–water partition coefficient (Wildman–Crippen LogP) is 1.84. The first kappa shape index (κ1) is 7.06. The average molecular weight is 173 g/mol. The van der Waals surface area contributed by atoms with E-state index >= 15 is 0 Å². The van der Waals surface area contributed by atoms with Gasteiger partial charge < -0.3 is 4.98 Å². The highest BCUT2D eigenvalue weighted by Gasteiger charge is 2.15. The van der Waals surface area contributed by atoms with Gasteiger partial charge in [-0.25, -0.2) is 9.97 Å². The Balaban J connectivity index is 2.34. The number of hydrogen-bond acceptors (Lipinski definition) is 2. The molecule has 3 rings (SSSR count). The van der Waals surface area contributed by atoms with Crippen molar-refractivity contribution in [3.8, 4) is 0 Å². The van der Waals surface area contributed by atoms with E-state index in [9.17, 15) is 0 Å². The summed E-state index contributed by atoms with van der Waals surface area (Å²) in [5.74, 6) is 0. The Bertz CT molecular complexity index is 444. The molecule has 0 unspecified atom stereocenters. The average Bonchev–Trinajstić information content (AvgIpc) is 2.56. The predicted molar refractivity (Wildman–Crippen MR) is 50.5 cm³/mol. The van der Waals surface area contributed by atoms with Crippen LogP contribution in [0.15, 0.2) is 12.5 Å². The van der Waals surface area contributed by atoms with Gasteiger partial charge in [0.2, 0.25) is 0 Å². The largest absolute Gasteiger partial charge is 0.343 e. The van der Waals surface area contributed by atoms with Crippen molar-refractivity contribution in [2.45, 2.75) is 25.7 Å². The van der Waals surface area contributed by atoms with Gasteiger partial charge in [-0.1, -0.05) is 0 Å². The lowest BCUT2D eigenvalue weighted by molar-refractivity contribution is 0.680. The van der Waals surface area contributed by atoms with Gasteiger partial charge in [-0.05, 0) is 31.2 Å². The monoisotopic (exact) mass is 173 g/mol. The van der Waals surface area contributed by atoms with Crippen LogP contribution in [-0.2, 0) is 12.8 Å². The maximum atomic E-state index is 4.22. The number of H-pyrrole nitrogens is 1. The summed E-state index contributed by atoms with van der Waals surface area (Å²) in [6.45, 7) is 0. The molecule has 0 atom stereocenters. The third-order valence-electron chi connectivity index (χ3n) is 2.77. The molecule has 1 aliphatic rings. The van der Waals surface area contributed by atoms with Crippen LogP contribution in [0.4, 0.5) is 0 Å². The van der Waals surface area contributed by atoms with Crippen molar-refractivity contribution in [2.24, 2.45) is 0 Å². The molecule has 0 bridgehead atoms. The molecule has 0 saturated carbocycles. The van der Waals surface area contributed by atoms with Gasteiger partial charge in [0, 0.05) is 17.3 Å². The molecule has 3 nitrogen and oxygen atoms in total. The zero-order chi connectivity index (χ0) is 8.67. The zero-order valence-corrected chi connectivity index (χ0v) is 7.38. The molecule has 0 spiro atoms. The number of aryl methyl sites for hydroxylation is 2. The van der Waals surface area contributed by atoms with E-state index < -0.39 is 0 Å². The highest BCUT2D eigenvalue weighted by Crippen LogP contribution is 2.26. The molecular formula is C10H11N3. The third-order valence-corrected chi connectivity index (χ3v) is 2.77. The fourth-order valence-electron chi connectivity index (χ4n) is 2.13. The van der Waals surface area contributed by atoms with E-state index in [0.29, 0.717) is 0 Å². The maximum absolute atomic E-state index is 4.22. The molecule has 0 fully saturated rings. The molecule has 13 heavy (non-hydrogen) atoms. The molecule has 2 aromatic heterocycles. The number of hydrogen-bond donors (Lipinski definition) is 1. The van der Waals surface area contributed by atoms with E-state index in [1.165, 1.54) is 42.3 Å². The van der Waals surface area contributed by atoms with Gasteiger partial charge in [-0.3, -0.25) is 0 Å². The lowest BCUT2D eigenvalue weighted by Crippen LogP contribution is -1.99. The van der Waals surface area contributed by atoms with Crippen molar-refractivity contribution in [1.82, 2.24) is 15.0 Å². The molecule has 1 N–H and O–H groups in total. The molecule has 0 aliphatic heterocycles. The Kier molecular flexibility index (Phi) is 1.39. The van der Waals surface area contributed by atoms with Gasteiger partial charge in [0.05, 0.1) is 0 Å². The Morgan fingerprint density at radius 3 is 3.15 bits per heavy atom. The van der Waals surface area contributed by atoms with Gasteiger partial charge in [-0.2, -0.15) is 0 Å². The first-order chi connectivity index (χ1) is 6.45. The van der Waals surface area contributed by atoms with Crippen LogP contribution in [0.3, 0.4) is 0 Å². The Morgan fingerprint density at radius 2 is 2.15 bits per heavy atom. The molecule has 66 valence electrons. The highest BCUT2D eigenvalue weighted by molar-refractivity contribution is 5.80. The standard InChI is InChI=1S/C10H11N3/c1-2-4-9-7(3-1)8-5-11-6-12-10(8)13-9/h5-6H,1-4H2,(H,11,12,13). The van der Waals surface area contributed by atoms with Crippen LogP contribution in [0.2, 0.25) is 0 Å². The summed E-state index contributed by atoms with van der Waals surface area (Å²) in [5, 5.41) is 1.22. The summed E-state index contributed by atoms with van der Waals surface area (Å²) in [4.78, 5) is 11.6. The number of fused-ring (bicyclic) bond motifs is 3. The van der Waals surface area contributed by atoms with Gasteiger partial charge >= 0.3 is 0 Å². The first-order valence-corrected chi connectivity index (χ1v) is 4.74. The maximum Gasteiger partial charge on any atom is 0.141 e. The molecule has 0 radical (unpaired) electrons. The molecule has 0 saturated heterocycles. The minimum atomic E-state index is 1.00. The second kappa shape index (κ2) is 2.55. The fourth-order valence-corrected chi connectivity index (χ4v) is 2.13. The van der Waals surface area contributed by atoms with Crippen molar-refractivity contribution in [3.05, 3.63) is 23.8 Å². The van der Waals surface area contributed by atoms with E-state index in [1.807, 2.05) is 6.20 Å². The molecular weight excluding hydrogens is 162 g/mol. The zero-order valence-electron chi connectivity index (χ0n) is 7.38. The summed E-state index contributed by atoms with van der Waals surface area (Å²) in [6, 6.07) is 0. The molecule has 0 amide bonds. The van der Waals surface area contributed by atoms with Crippen LogP contribution in [0, 0.1) is 0 Å². The summed E-state index contributed by atoms with van der Waals surface area (Å²) in [7, 11) is 0. The van der Waals surface area contributed by atoms with Gasteiger partial charge in [0.15, 0.2) is 0 Å². The van der Waals surface area contributed by atoms with E-state index in [2.05, 4.69) is 15.0 Å². The number of aromatic nitrogens is 3. The summed E-state index contributed by atoms with van der Waals surface area (Å²) in [5.41, 5.74) is 3.82. The van der Waals surface area contributed by atoms with Crippen LogP contribution in [0.5, 0.6) is 0 Å². The number of aromatic amines is 1. The third kappa shape index (κ3) is 0.963. The van der Waals surface area contributed by atoms with Gasteiger partial charge in [-0.15, -0.1) is 0 Å². The van der Waals surface area contributed by atoms with Crippen LogP contribution < -0.4 is 0 Å². The Labute approximate surface area is 76.2 Å². The molecule has 1 aliphatic carbocycles. The lowest BCUT2D eigenvalue weighted by Gasteiger charge is -2.09. The molecule has 0 aromatic carbocycles. The summed E-state index contributed by atoms with van der Waals surface area (Å²) < 4.78 is 0. The van der Waals surface area contributed by atoms with Crippen LogP contribution in [0.1, 0.15) is 24.1 Å². The number of nitrogens with one attached hydrogen (secondary N) is 1. The van der Waals surface area contributed by atoms with Crippen molar-refractivity contribution in [3.63, 3.8) is 0 Å². The number of rotatable bonds is 0. The molecule has 2 heterocycles. The summed E-state index contributed by atoms with van der Waals surface area (Å²) >= 11 is 0. The second-order valence-corrected chi connectivity index (χ2v) is 3.57. The van der Waals surface area contributed by atoms with E-state index in [0.717, 1.165) is 5.65 Å². The van der Waals surface area contributed by atoms with Crippen LogP contribution in [0.25, 0.3) is 11.0 Å². The van der Waals surface area contributed by atoms with E-state index in [1.54, 1.807) is 6.33 Å². The Morgan fingerprint density at radius 1 is 1.23 bits per heavy atom. The minimum absolute atomic E-state index is 1.00. The summed E-state index contributed by atoms with van der Waals surface area (Å²) in [6.07, 6.45) is 8.48. The van der Waals surface area contributed by atoms with Crippen molar-refractivity contribution in [2.75, 3.05) is 0 Å². The fraction of sp³-hybridized carbons (Fsp3) is 0.400.